The van der Waals surface area contributed by atoms with Gasteiger partial charge in [0.15, 0.2) is 5.82 Å². The first-order valence-corrected chi connectivity index (χ1v) is 8.29. The summed E-state index contributed by atoms with van der Waals surface area (Å²) < 4.78 is 4.92. The fourth-order valence-electron chi connectivity index (χ4n) is 3.92. The number of aliphatic imine (C=N–C) groups is 1. The zero-order chi connectivity index (χ0) is 16.8. The quantitative estimate of drug-likeness (QED) is 0.701. The van der Waals surface area contributed by atoms with Crippen LogP contribution in [0.15, 0.2) is 34.0 Å². The largest absolute Gasteiger partial charge is 0.309 e. The van der Waals surface area contributed by atoms with E-state index in [0.717, 1.165) is 42.0 Å². The molecule has 0 radical (unpaired) electrons. The molecule has 8 nitrogen and oxygen atoms in total. The smallest absolute Gasteiger partial charge is 0.274 e. The van der Waals surface area contributed by atoms with E-state index >= 15 is 0 Å². The maximum atomic E-state index is 7.86. The molecule has 2 aliphatic heterocycles. The lowest BCUT2D eigenvalue weighted by atomic mass is 9.80. The fourth-order valence-corrected chi connectivity index (χ4v) is 3.92. The minimum atomic E-state index is -0.400. The summed E-state index contributed by atoms with van der Waals surface area (Å²) in [6.45, 7) is 8.82. The minimum absolute atomic E-state index is 0.132. The van der Waals surface area contributed by atoms with Crippen molar-refractivity contribution in [2.24, 2.45) is 4.99 Å². The number of nitrogens with zero attached hydrogens (tertiary/aromatic N) is 5. The number of hydrogen-bond donors (Lipinski definition) is 2. The van der Waals surface area contributed by atoms with Crippen LogP contribution in [-0.2, 0) is 0 Å². The van der Waals surface area contributed by atoms with Crippen molar-refractivity contribution in [2.45, 2.75) is 30.8 Å². The van der Waals surface area contributed by atoms with E-state index in [1.54, 1.807) is 6.20 Å². The third-order valence-electron chi connectivity index (χ3n) is 5.05. The number of benzene rings is 1. The van der Waals surface area contributed by atoms with Crippen molar-refractivity contribution < 1.29 is 4.63 Å². The molecule has 4 heterocycles. The van der Waals surface area contributed by atoms with E-state index < -0.39 is 6.04 Å². The molecule has 0 amide bonds. The summed E-state index contributed by atoms with van der Waals surface area (Å²) in [5.41, 5.74) is 4.09. The zero-order valence-corrected chi connectivity index (χ0v) is 13.3. The summed E-state index contributed by atoms with van der Waals surface area (Å²) in [4.78, 5) is 8.71. The summed E-state index contributed by atoms with van der Waals surface area (Å²) in [5.74, 6) is 0.527. The second-order valence-electron chi connectivity index (χ2n) is 6.39. The van der Waals surface area contributed by atoms with E-state index in [4.69, 9.17) is 16.2 Å². The van der Waals surface area contributed by atoms with Gasteiger partial charge in [-0.1, -0.05) is 12.1 Å². The van der Waals surface area contributed by atoms with Crippen molar-refractivity contribution >= 4 is 22.6 Å². The van der Waals surface area contributed by atoms with Crippen molar-refractivity contribution in [3.05, 3.63) is 46.9 Å². The summed E-state index contributed by atoms with van der Waals surface area (Å²) >= 11 is 0. The van der Waals surface area contributed by atoms with Crippen LogP contribution in [0, 0.1) is 6.57 Å². The van der Waals surface area contributed by atoms with Crippen molar-refractivity contribution in [1.82, 2.24) is 25.8 Å². The predicted octanol–water partition coefficient (Wildman–Crippen LogP) is 2.20. The van der Waals surface area contributed by atoms with Gasteiger partial charge in [0, 0.05) is 5.56 Å². The molecule has 2 aliphatic rings. The van der Waals surface area contributed by atoms with Gasteiger partial charge in [-0.2, -0.15) is 5.10 Å². The third-order valence-corrected chi connectivity index (χ3v) is 5.05. The Labute approximate surface area is 143 Å². The highest BCUT2D eigenvalue weighted by Crippen LogP contribution is 2.42. The monoisotopic (exact) mass is 333 g/mol. The fraction of sp³-hybridized carbons (Fsp3) is 0.353. The van der Waals surface area contributed by atoms with Crippen LogP contribution in [0.3, 0.4) is 0 Å². The first-order chi connectivity index (χ1) is 12.4. The molecule has 5 rings (SSSR count). The van der Waals surface area contributed by atoms with Crippen LogP contribution in [0.1, 0.15) is 29.9 Å². The highest BCUT2D eigenvalue weighted by molar-refractivity contribution is 6.01. The molecule has 8 heteroatoms. The van der Waals surface area contributed by atoms with Gasteiger partial charge < -0.3 is 10.2 Å². The summed E-state index contributed by atoms with van der Waals surface area (Å²) in [5, 5.41) is 18.6. The number of nitrogens with one attached hydrogen (secondary N) is 2. The lowest BCUT2D eigenvalue weighted by molar-refractivity contribution is 0.315. The second kappa shape index (κ2) is 5.50. The lowest BCUT2D eigenvalue weighted by Crippen LogP contribution is -2.41. The van der Waals surface area contributed by atoms with Crippen molar-refractivity contribution in [3.63, 3.8) is 0 Å². The second-order valence-corrected chi connectivity index (χ2v) is 6.39. The molecular formula is C17H15N7O. The Balaban J connectivity index is 1.72. The Bertz CT molecular complexity index is 1010. The number of aromatic amines is 1. The van der Waals surface area contributed by atoms with Crippen molar-refractivity contribution in [3.8, 4) is 0 Å². The maximum absolute atomic E-state index is 7.86. The number of aromatic nitrogens is 4. The SMILES string of the molecule is [C-]#[N+]C1C(C2CCCN2)=Nc2[nH]ncc2C1c1cccc2nonc12. The Morgan fingerprint density at radius 2 is 2.20 bits per heavy atom. The molecule has 3 atom stereocenters. The van der Waals surface area contributed by atoms with E-state index in [9.17, 15) is 0 Å². The Morgan fingerprint density at radius 3 is 3.04 bits per heavy atom. The number of H-pyrrole nitrogens is 1. The number of fused-ring (bicyclic) bond motifs is 2. The van der Waals surface area contributed by atoms with Crippen molar-refractivity contribution in [2.75, 3.05) is 6.54 Å². The summed E-state index contributed by atoms with van der Waals surface area (Å²) in [7, 11) is 0. The normalized spacial score (nSPS) is 25.6. The standard InChI is InChI=1S/C17H15N7O/c1-18-16-13(9-4-2-5-12-14(9)24-25-23-12)10-8-20-22-17(10)21-15(16)11-6-3-7-19-11/h2,4-5,8,11,13,16,19H,3,6-7H2,(H,20,22). The van der Waals surface area contributed by atoms with Gasteiger partial charge >= 0.3 is 0 Å². The first kappa shape index (κ1) is 14.3. The van der Waals surface area contributed by atoms with Crippen molar-refractivity contribution in [1.29, 1.82) is 0 Å². The van der Waals surface area contributed by atoms with Crippen LogP contribution in [-0.4, -0.2) is 44.9 Å². The molecule has 0 spiro atoms. The van der Waals surface area contributed by atoms with Gasteiger partial charge in [-0.05, 0) is 41.3 Å². The van der Waals surface area contributed by atoms with Gasteiger partial charge in [0.1, 0.15) is 16.7 Å². The molecule has 1 fully saturated rings. The van der Waals surface area contributed by atoms with Crippen LogP contribution >= 0.6 is 0 Å². The number of hydrogen-bond acceptors (Lipinski definition) is 6. The Hall–Kier alpha value is -3.05. The highest BCUT2D eigenvalue weighted by Gasteiger charge is 2.44. The molecule has 0 aliphatic carbocycles. The van der Waals surface area contributed by atoms with E-state index in [-0.39, 0.29) is 12.0 Å². The molecule has 3 aromatic rings. The van der Waals surface area contributed by atoms with E-state index in [1.165, 1.54) is 0 Å². The molecule has 3 unspecified atom stereocenters. The Kier molecular flexibility index (Phi) is 3.15. The van der Waals surface area contributed by atoms with Crippen LogP contribution < -0.4 is 5.32 Å². The minimum Gasteiger partial charge on any atom is -0.309 e. The average Bonchev–Trinajstić information content (AvgIpc) is 3.40. The molecule has 1 saturated heterocycles. The van der Waals surface area contributed by atoms with Gasteiger partial charge in [-0.15, -0.1) is 0 Å². The molecule has 0 saturated carbocycles. The Morgan fingerprint density at radius 1 is 1.24 bits per heavy atom. The maximum Gasteiger partial charge on any atom is 0.274 e. The predicted molar refractivity (Wildman–Crippen MR) is 90.7 cm³/mol. The van der Waals surface area contributed by atoms with Gasteiger partial charge in [-0.25, -0.2) is 16.2 Å². The lowest BCUT2D eigenvalue weighted by Gasteiger charge is -2.26. The zero-order valence-electron chi connectivity index (χ0n) is 13.3. The van der Waals surface area contributed by atoms with E-state index in [2.05, 4.69) is 30.7 Å². The summed E-state index contributed by atoms with van der Waals surface area (Å²) in [6, 6.07) is 5.49. The number of rotatable bonds is 2. The molecule has 0 bridgehead atoms. The van der Waals surface area contributed by atoms with Gasteiger partial charge in [-0.3, -0.25) is 5.10 Å². The topological polar surface area (TPSA) is 96.3 Å². The molecule has 2 N–H and O–H groups in total. The third kappa shape index (κ3) is 2.09. The van der Waals surface area contributed by atoms with E-state index in [0.29, 0.717) is 11.0 Å². The average molecular weight is 333 g/mol. The van der Waals surface area contributed by atoms with Gasteiger partial charge in [0.05, 0.1) is 18.2 Å². The molecule has 2 aromatic heterocycles. The summed E-state index contributed by atoms with van der Waals surface area (Å²) in [6.07, 6.45) is 3.85. The molecule has 25 heavy (non-hydrogen) atoms. The molecular weight excluding hydrogens is 318 g/mol. The van der Waals surface area contributed by atoms with E-state index in [1.807, 2.05) is 18.2 Å². The van der Waals surface area contributed by atoms with Gasteiger partial charge in [0.2, 0.25) is 0 Å². The first-order valence-electron chi connectivity index (χ1n) is 8.29. The van der Waals surface area contributed by atoms with Gasteiger partial charge in [0.25, 0.3) is 6.04 Å². The molecule has 1 aromatic carbocycles. The van der Waals surface area contributed by atoms with Crippen LogP contribution in [0.25, 0.3) is 15.9 Å². The molecule has 124 valence electrons. The van der Waals surface area contributed by atoms with Crippen LogP contribution in [0.2, 0.25) is 0 Å². The van der Waals surface area contributed by atoms with Crippen LogP contribution in [0.5, 0.6) is 0 Å². The van der Waals surface area contributed by atoms with Crippen LogP contribution in [0.4, 0.5) is 5.82 Å². The highest BCUT2D eigenvalue weighted by atomic mass is 16.6.